The number of rotatable bonds is 4. The number of nitrogens with one attached hydrogen (secondary N) is 2. The number of ether oxygens (including phenoxy) is 1. The van der Waals surface area contributed by atoms with Crippen LogP contribution in [-0.4, -0.2) is 40.8 Å². The van der Waals surface area contributed by atoms with Gasteiger partial charge < -0.3 is 10.1 Å². The van der Waals surface area contributed by atoms with Gasteiger partial charge >= 0.3 is 0 Å². The van der Waals surface area contributed by atoms with Gasteiger partial charge in [-0.05, 0) is 6.92 Å². The summed E-state index contributed by atoms with van der Waals surface area (Å²) in [7, 11) is 1.58. The molecule has 1 heterocycles. The molecule has 0 aliphatic heterocycles. The van der Waals surface area contributed by atoms with Gasteiger partial charge in [-0.2, -0.15) is 5.10 Å². The molecular weight excluding hydrogens is 172 g/mol. The third-order valence-corrected chi connectivity index (χ3v) is 1.42. The van der Waals surface area contributed by atoms with Crippen molar-refractivity contribution < 1.29 is 9.53 Å². The second-order valence-corrected chi connectivity index (χ2v) is 2.66. The van der Waals surface area contributed by atoms with E-state index in [1.165, 1.54) is 6.33 Å². The smallest absolute Gasteiger partial charge is 0.288 e. The summed E-state index contributed by atoms with van der Waals surface area (Å²) in [6.45, 7) is 2.32. The summed E-state index contributed by atoms with van der Waals surface area (Å²) in [5.74, 6) is -0.0648. The first-order valence-electron chi connectivity index (χ1n) is 3.89. The van der Waals surface area contributed by atoms with Crippen LogP contribution in [-0.2, 0) is 4.74 Å². The average molecular weight is 184 g/mol. The fourth-order valence-electron chi connectivity index (χ4n) is 0.899. The number of H-pyrrole nitrogens is 1. The molecule has 6 nitrogen and oxygen atoms in total. The van der Waals surface area contributed by atoms with E-state index in [1.54, 1.807) is 7.11 Å². The topological polar surface area (TPSA) is 79.9 Å². The lowest BCUT2D eigenvalue weighted by Gasteiger charge is -2.10. The van der Waals surface area contributed by atoms with Gasteiger partial charge in [0.25, 0.3) is 5.91 Å². The predicted molar refractivity (Wildman–Crippen MR) is 45.2 cm³/mol. The Morgan fingerprint density at radius 1 is 1.85 bits per heavy atom. The fourth-order valence-corrected chi connectivity index (χ4v) is 0.899. The number of amides is 1. The molecule has 1 unspecified atom stereocenters. The number of carbonyl (C=O) groups is 1. The number of nitrogens with zero attached hydrogens (tertiary/aromatic N) is 2. The summed E-state index contributed by atoms with van der Waals surface area (Å²) in [4.78, 5) is 15.0. The summed E-state index contributed by atoms with van der Waals surface area (Å²) >= 11 is 0. The minimum atomic E-state index is -0.276. The Morgan fingerprint density at radius 2 is 2.62 bits per heavy atom. The van der Waals surface area contributed by atoms with E-state index in [0.717, 1.165) is 0 Å². The van der Waals surface area contributed by atoms with Gasteiger partial charge in [0.1, 0.15) is 6.33 Å². The summed E-state index contributed by atoms with van der Waals surface area (Å²) in [5, 5.41) is 8.72. The van der Waals surface area contributed by atoms with E-state index in [-0.39, 0.29) is 17.8 Å². The lowest BCUT2D eigenvalue weighted by atomic mass is 10.3. The van der Waals surface area contributed by atoms with Crippen molar-refractivity contribution >= 4 is 5.91 Å². The number of aromatic amines is 1. The minimum absolute atomic E-state index is 0.0393. The monoisotopic (exact) mass is 184 g/mol. The van der Waals surface area contributed by atoms with Gasteiger partial charge in [0.05, 0.1) is 6.61 Å². The Kier molecular flexibility index (Phi) is 3.39. The molecule has 0 aromatic carbocycles. The molecule has 0 bridgehead atoms. The van der Waals surface area contributed by atoms with Gasteiger partial charge in [0.15, 0.2) is 0 Å². The summed E-state index contributed by atoms with van der Waals surface area (Å²) in [6.07, 6.45) is 1.29. The van der Waals surface area contributed by atoms with Gasteiger partial charge in [-0.25, -0.2) is 4.98 Å². The molecular formula is C7H12N4O2. The third kappa shape index (κ3) is 2.83. The van der Waals surface area contributed by atoms with Crippen molar-refractivity contribution in [1.82, 2.24) is 20.5 Å². The quantitative estimate of drug-likeness (QED) is 0.665. The molecule has 0 saturated heterocycles. The lowest BCUT2D eigenvalue weighted by molar-refractivity contribution is 0.0895. The highest BCUT2D eigenvalue weighted by atomic mass is 16.5. The predicted octanol–water partition coefficient (Wildman–Crippen LogP) is -0.431. The molecule has 0 saturated carbocycles. The second-order valence-electron chi connectivity index (χ2n) is 2.66. The number of methoxy groups -OCH3 is 1. The Morgan fingerprint density at radius 3 is 3.15 bits per heavy atom. The molecule has 1 amide bonds. The van der Waals surface area contributed by atoms with Gasteiger partial charge in [0, 0.05) is 13.2 Å². The molecule has 0 aliphatic rings. The molecule has 6 heteroatoms. The third-order valence-electron chi connectivity index (χ3n) is 1.42. The molecule has 0 fully saturated rings. The number of aromatic nitrogens is 3. The first-order valence-corrected chi connectivity index (χ1v) is 3.89. The molecule has 2 N–H and O–H groups in total. The molecule has 1 aromatic heterocycles. The summed E-state index contributed by atoms with van der Waals surface area (Å²) < 4.78 is 4.86. The summed E-state index contributed by atoms with van der Waals surface area (Å²) in [5.41, 5.74) is 0. The van der Waals surface area contributed by atoms with Crippen LogP contribution < -0.4 is 5.32 Å². The molecule has 1 rings (SSSR count). The fraction of sp³-hybridized carbons (Fsp3) is 0.571. The van der Waals surface area contributed by atoms with E-state index in [0.29, 0.717) is 6.61 Å². The standard InChI is InChI=1S/C7H12N4O2/c1-5(3-13-2)10-7(12)6-8-4-9-11-6/h4-5H,3H2,1-2H3,(H,10,12)(H,8,9,11). The maximum Gasteiger partial charge on any atom is 0.288 e. The van der Waals surface area contributed by atoms with Crippen molar-refractivity contribution in [2.75, 3.05) is 13.7 Å². The highest BCUT2D eigenvalue weighted by Gasteiger charge is 2.11. The maximum absolute atomic E-state index is 11.3. The van der Waals surface area contributed by atoms with Crippen LogP contribution in [0, 0.1) is 0 Å². The van der Waals surface area contributed by atoms with E-state index in [1.807, 2.05) is 6.92 Å². The largest absolute Gasteiger partial charge is 0.383 e. The van der Waals surface area contributed by atoms with Crippen LogP contribution >= 0.6 is 0 Å². The Bertz CT molecular complexity index is 259. The zero-order valence-corrected chi connectivity index (χ0v) is 7.57. The van der Waals surface area contributed by atoms with Crippen LogP contribution in [0.4, 0.5) is 0 Å². The maximum atomic E-state index is 11.3. The Labute approximate surface area is 75.7 Å². The number of hydrogen-bond donors (Lipinski definition) is 2. The zero-order chi connectivity index (χ0) is 9.68. The molecule has 0 radical (unpaired) electrons. The van der Waals surface area contributed by atoms with Crippen LogP contribution in [0.2, 0.25) is 0 Å². The van der Waals surface area contributed by atoms with Gasteiger partial charge in [-0.1, -0.05) is 0 Å². The number of hydrogen-bond acceptors (Lipinski definition) is 4. The SMILES string of the molecule is COCC(C)NC(=O)c1ncn[nH]1. The van der Waals surface area contributed by atoms with Crippen LogP contribution in [0.15, 0.2) is 6.33 Å². The van der Waals surface area contributed by atoms with Crippen LogP contribution in [0.25, 0.3) is 0 Å². The van der Waals surface area contributed by atoms with Crippen molar-refractivity contribution in [1.29, 1.82) is 0 Å². The Balaban J connectivity index is 2.42. The first kappa shape index (κ1) is 9.66. The van der Waals surface area contributed by atoms with Crippen molar-refractivity contribution in [3.8, 4) is 0 Å². The van der Waals surface area contributed by atoms with E-state index in [4.69, 9.17) is 4.74 Å². The van der Waals surface area contributed by atoms with Crippen molar-refractivity contribution in [2.24, 2.45) is 0 Å². The molecule has 1 aromatic rings. The van der Waals surface area contributed by atoms with E-state index >= 15 is 0 Å². The van der Waals surface area contributed by atoms with Crippen molar-refractivity contribution in [3.05, 3.63) is 12.2 Å². The normalized spacial score (nSPS) is 12.5. The van der Waals surface area contributed by atoms with E-state index in [2.05, 4.69) is 20.5 Å². The van der Waals surface area contributed by atoms with Crippen LogP contribution in [0.5, 0.6) is 0 Å². The van der Waals surface area contributed by atoms with Gasteiger partial charge in [-0.15, -0.1) is 0 Å². The highest BCUT2D eigenvalue weighted by Crippen LogP contribution is 1.88. The van der Waals surface area contributed by atoms with Crippen LogP contribution in [0.3, 0.4) is 0 Å². The Hall–Kier alpha value is -1.43. The lowest BCUT2D eigenvalue weighted by Crippen LogP contribution is -2.36. The molecule has 72 valence electrons. The van der Waals surface area contributed by atoms with E-state index in [9.17, 15) is 4.79 Å². The number of carbonyl (C=O) groups excluding carboxylic acids is 1. The van der Waals surface area contributed by atoms with Gasteiger partial charge in [-0.3, -0.25) is 9.89 Å². The minimum Gasteiger partial charge on any atom is -0.383 e. The van der Waals surface area contributed by atoms with Crippen molar-refractivity contribution in [2.45, 2.75) is 13.0 Å². The van der Waals surface area contributed by atoms with Gasteiger partial charge in [0.2, 0.25) is 5.82 Å². The zero-order valence-electron chi connectivity index (χ0n) is 7.57. The van der Waals surface area contributed by atoms with Crippen molar-refractivity contribution in [3.63, 3.8) is 0 Å². The summed E-state index contributed by atoms with van der Waals surface area (Å²) in [6, 6.07) is -0.0393. The molecule has 13 heavy (non-hydrogen) atoms. The average Bonchev–Trinajstić information content (AvgIpc) is 2.55. The molecule has 0 aliphatic carbocycles. The van der Waals surface area contributed by atoms with Crippen LogP contribution in [0.1, 0.15) is 17.5 Å². The van der Waals surface area contributed by atoms with E-state index < -0.39 is 0 Å². The second kappa shape index (κ2) is 4.56. The highest BCUT2D eigenvalue weighted by molar-refractivity contribution is 5.90. The molecule has 1 atom stereocenters. The first-order chi connectivity index (χ1) is 6.24. The molecule has 0 spiro atoms.